The van der Waals surface area contributed by atoms with Crippen LogP contribution < -0.4 is 5.32 Å². The monoisotopic (exact) mass is 257 g/mol. The summed E-state index contributed by atoms with van der Waals surface area (Å²) in [6.07, 6.45) is 1.35. The van der Waals surface area contributed by atoms with Gasteiger partial charge in [0.2, 0.25) is 0 Å². The van der Waals surface area contributed by atoms with Gasteiger partial charge in [-0.25, -0.2) is 0 Å². The maximum atomic E-state index is 6.26. The topological polar surface area (TPSA) is 39.1 Å². The number of hydrogen-bond acceptors (Lipinski definition) is 3. The predicted octanol–water partition coefficient (Wildman–Crippen LogP) is 2.13. The molecule has 2 rings (SSSR count). The third kappa shape index (κ3) is 2.64. The van der Waals surface area contributed by atoms with Gasteiger partial charge in [0.1, 0.15) is 0 Å². The number of rotatable bonds is 4. The van der Waals surface area contributed by atoms with E-state index in [1.54, 1.807) is 0 Å². The van der Waals surface area contributed by atoms with E-state index in [1.165, 1.54) is 0 Å². The van der Waals surface area contributed by atoms with Crippen LogP contribution >= 0.6 is 11.6 Å². The largest absolute Gasteiger partial charge is 0.377 e. The average Bonchev–Trinajstić information content (AvgIpc) is 2.83. The van der Waals surface area contributed by atoms with Crippen molar-refractivity contribution in [2.24, 2.45) is 0 Å². The summed E-state index contributed by atoms with van der Waals surface area (Å²) in [7, 11) is 0. The summed E-state index contributed by atoms with van der Waals surface area (Å²) in [5.41, 5.74) is 1.98. The van der Waals surface area contributed by atoms with Crippen molar-refractivity contribution in [3.63, 3.8) is 0 Å². The first-order valence-corrected chi connectivity index (χ1v) is 6.58. The molecule has 5 heteroatoms. The summed E-state index contributed by atoms with van der Waals surface area (Å²) in [5.74, 6) is 0. The number of nitrogens with one attached hydrogen (secondary N) is 1. The molecular formula is C12H20ClN3O. The molecule has 1 aromatic rings. The Kier molecular flexibility index (Phi) is 4.07. The van der Waals surface area contributed by atoms with Gasteiger partial charge in [-0.1, -0.05) is 11.6 Å². The van der Waals surface area contributed by atoms with Gasteiger partial charge in [0.25, 0.3) is 0 Å². The van der Waals surface area contributed by atoms with Crippen LogP contribution in [-0.4, -0.2) is 28.5 Å². The molecule has 2 atom stereocenters. The molecule has 2 heterocycles. The number of aryl methyl sites for hydroxylation is 2. The second-order valence-electron chi connectivity index (χ2n) is 4.51. The van der Waals surface area contributed by atoms with Gasteiger partial charge >= 0.3 is 0 Å². The molecule has 0 spiro atoms. The van der Waals surface area contributed by atoms with E-state index in [0.29, 0.717) is 6.04 Å². The third-order valence-corrected chi connectivity index (χ3v) is 3.85. The number of hydrogen-bond donors (Lipinski definition) is 1. The minimum absolute atomic E-state index is 0.285. The molecule has 0 amide bonds. The maximum absolute atomic E-state index is 6.26. The summed E-state index contributed by atoms with van der Waals surface area (Å²) in [4.78, 5) is 0. The van der Waals surface area contributed by atoms with Gasteiger partial charge in [0, 0.05) is 25.7 Å². The highest BCUT2D eigenvalue weighted by Gasteiger charge is 2.24. The Morgan fingerprint density at radius 2 is 2.35 bits per heavy atom. The van der Waals surface area contributed by atoms with Crippen LogP contribution in [0.5, 0.6) is 0 Å². The molecule has 4 nitrogen and oxygen atoms in total. The van der Waals surface area contributed by atoms with Crippen LogP contribution in [0.4, 0.5) is 0 Å². The first-order valence-electron chi connectivity index (χ1n) is 6.20. The predicted molar refractivity (Wildman–Crippen MR) is 68.3 cm³/mol. The van der Waals surface area contributed by atoms with Crippen molar-refractivity contribution in [3.8, 4) is 0 Å². The Bertz CT molecular complexity index is 391. The van der Waals surface area contributed by atoms with Crippen LogP contribution in [0.1, 0.15) is 31.7 Å². The lowest BCUT2D eigenvalue weighted by Crippen LogP contribution is -2.34. The molecule has 0 aromatic carbocycles. The molecule has 96 valence electrons. The highest BCUT2D eigenvalue weighted by Crippen LogP contribution is 2.21. The fourth-order valence-electron chi connectivity index (χ4n) is 2.27. The molecule has 0 radical (unpaired) electrons. The Morgan fingerprint density at radius 1 is 1.59 bits per heavy atom. The highest BCUT2D eigenvalue weighted by atomic mass is 35.5. The molecule has 1 fully saturated rings. The Hall–Kier alpha value is -0.580. The molecule has 0 saturated carbocycles. The second-order valence-corrected chi connectivity index (χ2v) is 4.89. The molecule has 1 saturated heterocycles. The summed E-state index contributed by atoms with van der Waals surface area (Å²) in [6.45, 7) is 8.58. The molecule has 1 aromatic heterocycles. The quantitative estimate of drug-likeness (QED) is 0.898. The molecule has 1 N–H and O–H groups in total. The number of halogens is 1. The molecule has 1 aliphatic rings. The third-order valence-electron chi connectivity index (χ3n) is 3.36. The lowest BCUT2D eigenvalue weighted by molar-refractivity contribution is 0.113. The number of nitrogens with zero attached hydrogens (tertiary/aromatic N) is 2. The molecule has 0 bridgehead atoms. The first kappa shape index (κ1) is 12.9. The fraction of sp³-hybridized carbons (Fsp3) is 0.750. The number of ether oxygens (including phenoxy) is 1. The zero-order valence-electron chi connectivity index (χ0n) is 10.7. The van der Waals surface area contributed by atoms with E-state index in [0.717, 1.165) is 42.5 Å². The van der Waals surface area contributed by atoms with Gasteiger partial charge in [-0.15, -0.1) is 0 Å². The van der Waals surface area contributed by atoms with Crippen LogP contribution in [0.2, 0.25) is 5.02 Å². The van der Waals surface area contributed by atoms with Crippen molar-refractivity contribution in [1.29, 1.82) is 0 Å². The van der Waals surface area contributed by atoms with Crippen molar-refractivity contribution in [3.05, 3.63) is 16.4 Å². The molecule has 2 unspecified atom stereocenters. The lowest BCUT2D eigenvalue weighted by atomic mass is 10.1. The number of aromatic nitrogens is 2. The van der Waals surface area contributed by atoms with Gasteiger partial charge in [-0.3, -0.25) is 4.68 Å². The van der Waals surface area contributed by atoms with E-state index < -0.39 is 0 Å². The van der Waals surface area contributed by atoms with E-state index in [4.69, 9.17) is 16.3 Å². The standard InChI is InChI=1S/C12H20ClN3O/c1-4-16-11(12(13)8(2)15-16)7-14-10-5-6-17-9(10)3/h9-10,14H,4-7H2,1-3H3. The van der Waals surface area contributed by atoms with Gasteiger partial charge in [0.05, 0.1) is 22.5 Å². The van der Waals surface area contributed by atoms with Crippen LogP contribution in [0.25, 0.3) is 0 Å². The lowest BCUT2D eigenvalue weighted by Gasteiger charge is -2.16. The van der Waals surface area contributed by atoms with E-state index in [9.17, 15) is 0 Å². The summed E-state index contributed by atoms with van der Waals surface area (Å²) in [5, 5.41) is 8.70. The maximum Gasteiger partial charge on any atom is 0.0860 e. The smallest absolute Gasteiger partial charge is 0.0860 e. The fourth-order valence-corrected chi connectivity index (χ4v) is 2.47. The van der Waals surface area contributed by atoms with Crippen LogP contribution in [-0.2, 0) is 17.8 Å². The minimum Gasteiger partial charge on any atom is -0.377 e. The first-order chi connectivity index (χ1) is 8.13. The summed E-state index contributed by atoms with van der Waals surface area (Å²) < 4.78 is 7.49. The normalized spacial score (nSPS) is 24.5. The molecular weight excluding hydrogens is 238 g/mol. The van der Waals surface area contributed by atoms with Crippen LogP contribution in [0, 0.1) is 6.92 Å². The molecule has 1 aliphatic heterocycles. The van der Waals surface area contributed by atoms with E-state index in [1.807, 2.05) is 11.6 Å². The second kappa shape index (κ2) is 5.38. The molecule has 0 aliphatic carbocycles. The van der Waals surface area contributed by atoms with Crippen LogP contribution in [0.15, 0.2) is 0 Å². The minimum atomic E-state index is 0.285. The Labute approximate surface area is 107 Å². The summed E-state index contributed by atoms with van der Waals surface area (Å²) >= 11 is 6.26. The highest BCUT2D eigenvalue weighted by molar-refractivity contribution is 6.31. The summed E-state index contributed by atoms with van der Waals surface area (Å²) in [6, 6.07) is 0.423. The van der Waals surface area contributed by atoms with Crippen molar-refractivity contribution < 1.29 is 4.74 Å². The van der Waals surface area contributed by atoms with E-state index >= 15 is 0 Å². The van der Waals surface area contributed by atoms with Crippen molar-refractivity contribution in [2.75, 3.05) is 6.61 Å². The van der Waals surface area contributed by atoms with Crippen LogP contribution in [0.3, 0.4) is 0 Å². The van der Waals surface area contributed by atoms with Gasteiger partial charge in [-0.2, -0.15) is 5.10 Å². The van der Waals surface area contributed by atoms with E-state index in [-0.39, 0.29) is 6.10 Å². The van der Waals surface area contributed by atoms with Gasteiger partial charge in [0.15, 0.2) is 0 Å². The SMILES string of the molecule is CCn1nc(C)c(Cl)c1CNC1CCOC1C. The zero-order valence-corrected chi connectivity index (χ0v) is 11.4. The van der Waals surface area contributed by atoms with E-state index in [2.05, 4.69) is 24.3 Å². The van der Waals surface area contributed by atoms with Crippen molar-refractivity contribution in [1.82, 2.24) is 15.1 Å². The zero-order chi connectivity index (χ0) is 12.4. The van der Waals surface area contributed by atoms with Crippen molar-refractivity contribution >= 4 is 11.6 Å². The van der Waals surface area contributed by atoms with Gasteiger partial charge in [-0.05, 0) is 27.2 Å². The Balaban J connectivity index is 2.03. The molecule has 17 heavy (non-hydrogen) atoms. The average molecular weight is 258 g/mol. The van der Waals surface area contributed by atoms with Gasteiger partial charge < -0.3 is 10.1 Å². The van der Waals surface area contributed by atoms with Crippen molar-refractivity contribution in [2.45, 2.75) is 52.4 Å². The Morgan fingerprint density at radius 3 is 2.94 bits per heavy atom.